The molecule has 1 aromatic heterocycles. The molecule has 0 amide bonds. The summed E-state index contributed by atoms with van der Waals surface area (Å²) in [6.07, 6.45) is 3.50. The molecule has 14 heavy (non-hydrogen) atoms. The normalized spacial score (nSPS) is 12.4. The number of aromatic nitrogens is 1. The first-order chi connectivity index (χ1) is 6.61. The molecule has 0 aliphatic rings. The number of halogens is 1. The van der Waals surface area contributed by atoms with Crippen molar-refractivity contribution in [3.8, 4) is 0 Å². The minimum absolute atomic E-state index is 0.0415. The standard InChI is InChI=1S/C9H11ClN2O2/c10-7-5-12-4-3-6(7)8(11)1-2-9(13)14/h3-5,8H,1-2,11H2,(H,13,14). The number of hydrogen-bond donors (Lipinski definition) is 2. The molecule has 0 fully saturated rings. The van der Waals surface area contributed by atoms with Crippen molar-refractivity contribution in [1.29, 1.82) is 0 Å². The lowest BCUT2D eigenvalue weighted by Crippen LogP contribution is -2.12. The second-order valence-corrected chi connectivity index (χ2v) is 3.34. The Morgan fingerprint density at radius 3 is 3.00 bits per heavy atom. The van der Waals surface area contributed by atoms with Crippen LogP contribution in [-0.4, -0.2) is 16.1 Å². The van der Waals surface area contributed by atoms with Crippen LogP contribution in [0.5, 0.6) is 0 Å². The van der Waals surface area contributed by atoms with Crippen LogP contribution in [0.2, 0.25) is 5.02 Å². The summed E-state index contributed by atoms with van der Waals surface area (Å²) in [6.45, 7) is 0. The first-order valence-corrected chi connectivity index (χ1v) is 4.56. The van der Waals surface area contributed by atoms with Crippen molar-refractivity contribution < 1.29 is 9.90 Å². The van der Waals surface area contributed by atoms with Gasteiger partial charge >= 0.3 is 5.97 Å². The molecule has 1 aromatic rings. The first kappa shape index (κ1) is 10.9. The van der Waals surface area contributed by atoms with Gasteiger partial charge in [0.1, 0.15) is 0 Å². The molecule has 1 atom stereocenters. The molecule has 0 aromatic carbocycles. The SMILES string of the molecule is NC(CCC(=O)O)c1ccncc1Cl. The van der Waals surface area contributed by atoms with Gasteiger partial charge in [-0.1, -0.05) is 11.6 Å². The number of carbonyl (C=O) groups is 1. The third-order valence-corrected chi connectivity index (χ3v) is 2.19. The number of carboxylic acids is 1. The molecular weight excluding hydrogens is 204 g/mol. The number of carboxylic acid groups (broad SMARTS) is 1. The van der Waals surface area contributed by atoms with Crippen molar-refractivity contribution in [3.63, 3.8) is 0 Å². The van der Waals surface area contributed by atoms with E-state index in [2.05, 4.69) is 4.98 Å². The van der Waals surface area contributed by atoms with Crippen LogP contribution >= 0.6 is 11.6 Å². The highest BCUT2D eigenvalue weighted by Crippen LogP contribution is 2.22. The summed E-state index contributed by atoms with van der Waals surface area (Å²) in [5.41, 5.74) is 6.51. The molecule has 0 saturated heterocycles. The molecule has 76 valence electrons. The Morgan fingerprint density at radius 2 is 2.43 bits per heavy atom. The number of aliphatic carboxylic acids is 1. The van der Waals surface area contributed by atoms with Crippen molar-refractivity contribution >= 4 is 17.6 Å². The van der Waals surface area contributed by atoms with Gasteiger partial charge in [0.25, 0.3) is 0 Å². The highest BCUT2D eigenvalue weighted by Gasteiger charge is 2.11. The van der Waals surface area contributed by atoms with Crippen LogP contribution in [0.1, 0.15) is 24.4 Å². The molecule has 0 aliphatic carbocycles. The maximum atomic E-state index is 10.3. The first-order valence-electron chi connectivity index (χ1n) is 4.18. The monoisotopic (exact) mass is 214 g/mol. The van der Waals surface area contributed by atoms with Gasteiger partial charge in [-0.25, -0.2) is 0 Å². The van der Waals surface area contributed by atoms with E-state index in [1.165, 1.54) is 6.20 Å². The van der Waals surface area contributed by atoms with Crippen molar-refractivity contribution in [1.82, 2.24) is 4.98 Å². The minimum atomic E-state index is -0.856. The zero-order chi connectivity index (χ0) is 10.6. The molecule has 0 spiro atoms. The van der Waals surface area contributed by atoms with Crippen LogP contribution in [-0.2, 0) is 4.79 Å². The summed E-state index contributed by atoms with van der Waals surface area (Å²) in [5, 5.41) is 8.95. The van der Waals surface area contributed by atoms with Crippen LogP contribution in [0, 0.1) is 0 Å². The molecular formula is C9H11ClN2O2. The minimum Gasteiger partial charge on any atom is -0.481 e. The molecule has 0 bridgehead atoms. The van der Waals surface area contributed by atoms with Crippen molar-refractivity contribution in [3.05, 3.63) is 29.0 Å². The van der Waals surface area contributed by atoms with Gasteiger partial charge in [-0.15, -0.1) is 0 Å². The Morgan fingerprint density at radius 1 is 1.71 bits per heavy atom. The van der Waals surface area contributed by atoms with E-state index in [-0.39, 0.29) is 12.5 Å². The van der Waals surface area contributed by atoms with E-state index in [1.807, 2.05) is 0 Å². The highest BCUT2D eigenvalue weighted by atomic mass is 35.5. The molecule has 1 unspecified atom stereocenters. The lowest BCUT2D eigenvalue weighted by molar-refractivity contribution is -0.137. The molecule has 5 heteroatoms. The van der Waals surface area contributed by atoms with Gasteiger partial charge in [0.2, 0.25) is 0 Å². The largest absolute Gasteiger partial charge is 0.481 e. The quantitative estimate of drug-likeness (QED) is 0.798. The van der Waals surface area contributed by atoms with Crippen molar-refractivity contribution in [2.75, 3.05) is 0 Å². The summed E-state index contributed by atoms with van der Waals surface area (Å²) in [6, 6.07) is 1.36. The smallest absolute Gasteiger partial charge is 0.303 e. The van der Waals surface area contributed by atoms with Gasteiger partial charge in [-0.05, 0) is 18.1 Å². The number of hydrogen-bond acceptors (Lipinski definition) is 3. The van der Waals surface area contributed by atoms with Gasteiger partial charge in [-0.2, -0.15) is 0 Å². The molecule has 3 N–H and O–H groups in total. The summed E-state index contributed by atoms with van der Waals surface area (Å²) in [7, 11) is 0. The van der Waals surface area contributed by atoms with E-state index >= 15 is 0 Å². The van der Waals surface area contributed by atoms with Crippen LogP contribution in [0.4, 0.5) is 0 Å². The van der Waals surface area contributed by atoms with Crippen molar-refractivity contribution in [2.45, 2.75) is 18.9 Å². The van der Waals surface area contributed by atoms with E-state index in [1.54, 1.807) is 12.3 Å². The Kier molecular flexibility index (Phi) is 3.85. The maximum Gasteiger partial charge on any atom is 0.303 e. The number of nitrogens with zero attached hydrogens (tertiary/aromatic N) is 1. The summed E-state index contributed by atoms with van der Waals surface area (Å²) in [4.78, 5) is 14.1. The van der Waals surface area contributed by atoms with Gasteiger partial charge in [0, 0.05) is 24.9 Å². The third kappa shape index (κ3) is 2.97. The predicted molar refractivity (Wildman–Crippen MR) is 53.0 cm³/mol. The van der Waals surface area contributed by atoms with Crippen LogP contribution in [0.3, 0.4) is 0 Å². The fraction of sp³-hybridized carbons (Fsp3) is 0.333. The third-order valence-electron chi connectivity index (χ3n) is 1.87. The summed E-state index contributed by atoms with van der Waals surface area (Å²) >= 11 is 5.84. The topological polar surface area (TPSA) is 76.2 Å². The van der Waals surface area contributed by atoms with Gasteiger partial charge in [0.15, 0.2) is 0 Å². The van der Waals surface area contributed by atoms with Crippen LogP contribution in [0.15, 0.2) is 18.5 Å². The lowest BCUT2D eigenvalue weighted by Gasteiger charge is -2.11. The average Bonchev–Trinajstić information content (AvgIpc) is 2.15. The maximum absolute atomic E-state index is 10.3. The molecule has 0 radical (unpaired) electrons. The number of rotatable bonds is 4. The fourth-order valence-electron chi connectivity index (χ4n) is 1.12. The Hall–Kier alpha value is -1.13. The second-order valence-electron chi connectivity index (χ2n) is 2.94. The molecule has 0 aliphatic heterocycles. The Balaban J connectivity index is 2.65. The summed E-state index contributed by atoms with van der Waals surface area (Å²) in [5.74, 6) is -0.856. The van der Waals surface area contributed by atoms with E-state index in [0.717, 1.165) is 5.56 Å². The number of nitrogens with two attached hydrogens (primary N) is 1. The fourth-order valence-corrected chi connectivity index (χ4v) is 1.38. The average molecular weight is 215 g/mol. The van der Waals surface area contributed by atoms with Gasteiger partial charge in [-0.3, -0.25) is 9.78 Å². The van der Waals surface area contributed by atoms with Crippen LogP contribution in [0.25, 0.3) is 0 Å². The van der Waals surface area contributed by atoms with E-state index in [0.29, 0.717) is 11.4 Å². The van der Waals surface area contributed by atoms with Gasteiger partial charge in [0.05, 0.1) is 5.02 Å². The Bertz CT molecular complexity index is 330. The van der Waals surface area contributed by atoms with E-state index < -0.39 is 5.97 Å². The zero-order valence-corrected chi connectivity index (χ0v) is 8.24. The lowest BCUT2D eigenvalue weighted by atomic mass is 10.0. The Labute approximate surface area is 86.7 Å². The molecule has 4 nitrogen and oxygen atoms in total. The molecule has 1 heterocycles. The molecule has 0 saturated carbocycles. The van der Waals surface area contributed by atoms with E-state index in [4.69, 9.17) is 22.4 Å². The zero-order valence-electron chi connectivity index (χ0n) is 7.48. The highest BCUT2D eigenvalue weighted by molar-refractivity contribution is 6.31. The second kappa shape index (κ2) is 4.93. The van der Waals surface area contributed by atoms with Crippen LogP contribution < -0.4 is 5.73 Å². The van der Waals surface area contributed by atoms with E-state index in [9.17, 15) is 4.79 Å². The van der Waals surface area contributed by atoms with Gasteiger partial charge < -0.3 is 10.8 Å². The summed E-state index contributed by atoms with van der Waals surface area (Å²) < 4.78 is 0. The van der Waals surface area contributed by atoms with Crippen molar-refractivity contribution in [2.24, 2.45) is 5.73 Å². The number of pyridine rings is 1. The molecule has 1 rings (SSSR count). The predicted octanol–water partition coefficient (Wildman–Crippen LogP) is 1.60.